The van der Waals surface area contributed by atoms with Crippen LogP contribution < -0.4 is 0 Å². The lowest BCUT2D eigenvalue weighted by molar-refractivity contribution is 0.258. The maximum absolute atomic E-state index is 2.42. The van der Waals surface area contributed by atoms with E-state index in [4.69, 9.17) is 0 Å². The molecule has 3 aromatic carbocycles. The Balaban J connectivity index is 2.03. The third-order valence-corrected chi connectivity index (χ3v) is 6.42. The molecule has 0 amide bonds. The van der Waals surface area contributed by atoms with Gasteiger partial charge >= 0.3 is 0 Å². The zero-order valence-corrected chi connectivity index (χ0v) is 15.5. The molecule has 0 saturated carbocycles. The largest absolute Gasteiger partial charge is 0.210 e. The summed E-state index contributed by atoms with van der Waals surface area (Å²) in [5.41, 5.74) is 3.81. The quantitative estimate of drug-likeness (QED) is 0.472. The average molecular weight is 337 g/mol. The van der Waals surface area contributed by atoms with Crippen molar-refractivity contribution in [3.8, 4) is 0 Å². The fraction of sp³-hybridized carbons (Fsp3) is 0.192. The summed E-state index contributed by atoms with van der Waals surface area (Å²) in [6, 6.07) is 30.8. The average Bonchev–Trinajstić information content (AvgIpc) is 3.42. The molecule has 4 rings (SSSR count). The van der Waals surface area contributed by atoms with E-state index in [1.807, 2.05) is 0 Å². The maximum atomic E-state index is 2.42. The SMILES string of the molecule is CC(c1ccccc1)(c1cc[cH-]c1)C(C)(c1ccccc1)C1C=CC=C1. The van der Waals surface area contributed by atoms with Gasteiger partial charge in [-0.2, -0.15) is 23.8 Å². The Morgan fingerprint density at radius 3 is 1.81 bits per heavy atom. The van der Waals surface area contributed by atoms with Crippen LogP contribution >= 0.6 is 0 Å². The molecular formula is C26H25-. The summed E-state index contributed by atoms with van der Waals surface area (Å²) in [5.74, 6) is 0.338. The van der Waals surface area contributed by atoms with Crippen LogP contribution in [0.5, 0.6) is 0 Å². The molecule has 26 heavy (non-hydrogen) atoms. The van der Waals surface area contributed by atoms with Crippen LogP contribution in [-0.4, -0.2) is 0 Å². The molecule has 0 N–H and O–H groups in total. The highest BCUT2D eigenvalue weighted by Crippen LogP contribution is 2.54. The molecule has 0 saturated heterocycles. The fourth-order valence-electron chi connectivity index (χ4n) is 4.66. The lowest BCUT2D eigenvalue weighted by atomic mass is 9.52. The van der Waals surface area contributed by atoms with Gasteiger partial charge < -0.3 is 0 Å². The highest BCUT2D eigenvalue weighted by atomic mass is 14.5. The van der Waals surface area contributed by atoms with E-state index < -0.39 is 0 Å². The van der Waals surface area contributed by atoms with E-state index in [-0.39, 0.29) is 10.8 Å². The van der Waals surface area contributed by atoms with Crippen LogP contribution in [-0.2, 0) is 10.8 Å². The zero-order chi connectivity index (χ0) is 18.0. The van der Waals surface area contributed by atoms with Crippen molar-refractivity contribution < 1.29 is 0 Å². The van der Waals surface area contributed by atoms with Crippen LogP contribution in [0.15, 0.2) is 109 Å². The topological polar surface area (TPSA) is 0 Å². The normalized spacial score (nSPS) is 18.5. The minimum absolute atomic E-state index is 0.118. The summed E-state index contributed by atoms with van der Waals surface area (Å²) in [4.78, 5) is 0. The van der Waals surface area contributed by atoms with E-state index in [1.165, 1.54) is 16.7 Å². The monoisotopic (exact) mass is 337 g/mol. The van der Waals surface area contributed by atoms with Crippen molar-refractivity contribution in [2.75, 3.05) is 0 Å². The molecule has 130 valence electrons. The molecule has 0 aromatic heterocycles. The van der Waals surface area contributed by atoms with Gasteiger partial charge in [-0.05, 0) is 16.5 Å². The van der Waals surface area contributed by atoms with Gasteiger partial charge in [-0.15, -0.1) is 0 Å². The molecule has 0 heteroatoms. The van der Waals surface area contributed by atoms with Crippen molar-refractivity contribution in [2.24, 2.45) is 5.92 Å². The molecule has 0 radical (unpaired) electrons. The number of allylic oxidation sites excluding steroid dienone is 4. The first-order valence-electron chi connectivity index (χ1n) is 9.35. The fourth-order valence-corrected chi connectivity index (χ4v) is 4.66. The molecule has 0 heterocycles. The van der Waals surface area contributed by atoms with Gasteiger partial charge in [0.25, 0.3) is 0 Å². The maximum Gasteiger partial charge on any atom is 0.00485 e. The van der Waals surface area contributed by atoms with Gasteiger partial charge in [-0.3, -0.25) is 0 Å². The van der Waals surface area contributed by atoms with Crippen molar-refractivity contribution in [3.05, 3.63) is 126 Å². The number of rotatable bonds is 5. The van der Waals surface area contributed by atoms with E-state index in [1.54, 1.807) is 0 Å². The molecule has 3 aromatic rings. The van der Waals surface area contributed by atoms with Crippen molar-refractivity contribution in [1.29, 1.82) is 0 Å². The molecule has 2 unspecified atom stereocenters. The van der Waals surface area contributed by atoms with Gasteiger partial charge in [-0.25, -0.2) is 6.07 Å². The molecular weight excluding hydrogens is 312 g/mol. The smallest absolute Gasteiger partial charge is 0.00485 e. The second-order valence-electron chi connectivity index (χ2n) is 7.53. The molecule has 1 aliphatic carbocycles. The van der Waals surface area contributed by atoms with Crippen LogP contribution in [0.25, 0.3) is 0 Å². The van der Waals surface area contributed by atoms with E-state index >= 15 is 0 Å². The number of benzene rings is 2. The number of hydrogen-bond acceptors (Lipinski definition) is 0. The Morgan fingerprint density at radius 1 is 0.692 bits per heavy atom. The summed E-state index contributed by atoms with van der Waals surface area (Å²) in [5, 5.41) is 0. The Morgan fingerprint density at radius 2 is 1.27 bits per heavy atom. The predicted molar refractivity (Wildman–Crippen MR) is 110 cm³/mol. The van der Waals surface area contributed by atoms with Crippen LogP contribution in [0.3, 0.4) is 0 Å². The van der Waals surface area contributed by atoms with E-state index in [0.717, 1.165) is 0 Å². The second-order valence-corrected chi connectivity index (χ2v) is 7.53. The molecule has 1 aliphatic rings. The molecule has 0 fully saturated rings. The van der Waals surface area contributed by atoms with Gasteiger partial charge in [0.2, 0.25) is 0 Å². The Hall–Kier alpha value is -2.73. The summed E-state index contributed by atoms with van der Waals surface area (Å²) in [7, 11) is 0. The highest BCUT2D eigenvalue weighted by molar-refractivity contribution is 5.50. The second kappa shape index (κ2) is 6.53. The lowest BCUT2D eigenvalue weighted by Crippen LogP contribution is -2.49. The minimum Gasteiger partial charge on any atom is -0.210 e. The summed E-state index contributed by atoms with van der Waals surface area (Å²) >= 11 is 0. The first-order valence-corrected chi connectivity index (χ1v) is 9.35. The Labute approximate surface area is 156 Å². The molecule has 0 spiro atoms. The van der Waals surface area contributed by atoms with Gasteiger partial charge in [0, 0.05) is 11.3 Å². The molecule has 0 nitrogen and oxygen atoms in total. The van der Waals surface area contributed by atoms with Crippen LogP contribution in [0.4, 0.5) is 0 Å². The summed E-state index contributed by atoms with van der Waals surface area (Å²) in [6.07, 6.45) is 9.05. The van der Waals surface area contributed by atoms with Crippen LogP contribution in [0.2, 0.25) is 0 Å². The molecule has 0 bridgehead atoms. The van der Waals surface area contributed by atoms with Crippen molar-refractivity contribution in [2.45, 2.75) is 24.7 Å². The first kappa shape index (κ1) is 16.7. The number of hydrogen-bond donors (Lipinski definition) is 0. The van der Waals surface area contributed by atoms with Crippen LogP contribution in [0, 0.1) is 5.92 Å². The molecule has 0 aliphatic heterocycles. The highest BCUT2D eigenvalue weighted by Gasteiger charge is 2.48. The third kappa shape index (κ3) is 2.41. The zero-order valence-electron chi connectivity index (χ0n) is 15.5. The van der Waals surface area contributed by atoms with Crippen LogP contribution in [0.1, 0.15) is 30.5 Å². The predicted octanol–water partition coefficient (Wildman–Crippen LogP) is 6.41. The van der Waals surface area contributed by atoms with Crippen molar-refractivity contribution >= 4 is 0 Å². The van der Waals surface area contributed by atoms with Gasteiger partial charge in [-0.1, -0.05) is 98.8 Å². The van der Waals surface area contributed by atoms with Gasteiger partial charge in [0.15, 0.2) is 0 Å². The first-order chi connectivity index (χ1) is 12.7. The van der Waals surface area contributed by atoms with E-state index in [2.05, 4.69) is 123 Å². The van der Waals surface area contributed by atoms with Crippen molar-refractivity contribution in [1.82, 2.24) is 0 Å². The Kier molecular flexibility index (Phi) is 4.20. The lowest BCUT2D eigenvalue weighted by Gasteiger charge is -2.54. The minimum atomic E-state index is -0.164. The Bertz CT molecular complexity index is 887. The third-order valence-electron chi connectivity index (χ3n) is 6.42. The summed E-state index contributed by atoms with van der Waals surface area (Å²) < 4.78 is 0. The molecule has 2 atom stereocenters. The van der Waals surface area contributed by atoms with Gasteiger partial charge in [0.1, 0.15) is 0 Å². The van der Waals surface area contributed by atoms with Crippen molar-refractivity contribution in [3.63, 3.8) is 0 Å². The summed E-state index contributed by atoms with van der Waals surface area (Å²) in [6.45, 7) is 4.83. The van der Waals surface area contributed by atoms with Gasteiger partial charge in [0.05, 0.1) is 0 Å². The standard InChI is InChI=1S/C26H25/c1-25(23-17-9-10-18-23,21-13-5-3-6-14-21)26(2,24-19-11-12-20-24)22-15-7-4-8-16-22/h3-20,23H,1-2H3/q-1. The van der Waals surface area contributed by atoms with E-state index in [9.17, 15) is 0 Å². The van der Waals surface area contributed by atoms with E-state index in [0.29, 0.717) is 5.92 Å².